The van der Waals surface area contributed by atoms with E-state index in [9.17, 15) is 43.2 Å². The zero-order valence-electron chi connectivity index (χ0n) is 54.4. The van der Waals surface area contributed by atoms with Crippen molar-refractivity contribution in [3.05, 3.63) is 0 Å². The van der Waals surface area contributed by atoms with Crippen LogP contribution >= 0.6 is 15.6 Å². The number of carbonyl (C=O) groups is 4. The van der Waals surface area contributed by atoms with Gasteiger partial charge in [-0.15, -0.1) is 0 Å². The van der Waals surface area contributed by atoms with Gasteiger partial charge in [-0.2, -0.15) is 0 Å². The second-order valence-corrected chi connectivity index (χ2v) is 27.6. The maximum Gasteiger partial charge on any atom is 0.472 e. The zero-order valence-corrected chi connectivity index (χ0v) is 56.1. The molecule has 6 atom stereocenters. The molecular formula is C65H126O17P2. The van der Waals surface area contributed by atoms with E-state index in [0.717, 1.165) is 108 Å². The van der Waals surface area contributed by atoms with Gasteiger partial charge in [0.05, 0.1) is 26.4 Å². The molecule has 0 saturated heterocycles. The monoisotopic (exact) mass is 1240 g/mol. The van der Waals surface area contributed by atoms with Crippen molar-refractivity contribution in [2.45, 2.75) is 336 Å². The number of rotatable bonds is 63. The van der Waals surface area contributed by atoms with E-state index in [-0.39, 0.29) is 25.7 Å². The van der Waals surface area contributed by atoms with Gasteiger partial charge < -0.3 is 33.8 Å². The molecule has 498 valence electrons. The third kappa shape index (κ3) is 57.8. The summed E-state index contributed by atoms with van der Waals surface area (Å²) in [5, 5.41) is 10.5. The Bertz CT molecular complexity index is 1670. The van der Waals surface area contributed by atoms with E-state index < -0.39 is 97.5 Å². The van der Waals surface area contributed by atoms with Gasteiger partial charge in [-0.05, 0) is 43.4 Å². The molecule has 0 radical (unpaired) electrons. The van der Waals surface area contributed by atoms with Crippen molar-refractivity contribution in [2.24, 2.45) is 17.8 Å². The van der Waals surface area contributed by atoms with Crippen molar-refractivity contribution in [2.75, 3.05) is 39.6 Å². The number of carbonyl (C=O) groups excluding carboxylic acids is 4. The zero-order chi connectivity index (χ0) is 62.4. The van der Waals surface area contributed by atoms with E-state index in [1.54, 1.807) is 0 Å². The molecule has 0 rings (SSSR count). The van der Waals surface area contributed by atoms with Crippen molar-refractivity contribution >= 4 is 39.5 Å². The molecule has 3 unspecified atom stereocenters. The highest BCUT2D eigenvalue weighted by Gasteiger charge is 2.30. The molecule has 0 aliphatic carbocycles. The molecule has 3 N–H and O–H groups in total. The first-order valence-electron chi connectivity index (χ1n) is 33.9. The summed E-state index contributed by atoms with van der Waals surface area (Å²) >= 11 is 0. The third-order valence-electron chi connectivity index (χ3n) is 15.2. The van der Waals surface area contributed by atoms with E-state index in [1.807, 2.05) is 0 Å². The maximum absolute atomic E-state index is 13.0. The molecule has 17 nitrogen and oxygen atoms in total. The molecule has 0 aliphatic heterocycles. The van der Waals surface area contributed by atoms with Gasteiger partial charge in [0, 0.05) is 25.7 Å². The topological polar surface area (TPSA) is 237 Å². The number of hydrogen-bond acceptors (Lipinski definition) is 15. The van der Waals surface area contributed by atoms with Gasteiger partial charge in [0.25, 0.3) is 0 Å². The third-order valence-corrected chi connectivity index (χ3v) is 17.1. The van der Waals surface area contributed by atoms with Crippen LogP contribution in [0.1, 0.15) is 318 Å². The summed E-state index contributed by atoms with van der Waals surface area (Å²) in [5.74, 6) is 0.101. The van der Waals surface area contributed by atoms with E-state index >= 15 is 0 Å². The molecule has 0 spiro atoms. The van der Waals surface area contributed by atoms with Crippen LogP contribution in [0.25, 0.3) is 0 Å². The predicted molar refractivity (Wildman–Crippen MR) is 335 cm³/mol. The molecular weight excluding hydrogens is 1110 g/mol. The fourth-order valence-electron chi connectivity index (χ4n) is 9.62. The van der Waals surface area contributed by atoms with Crippen LogP contribution < -0.4 is 0 Å². The largest absolute Gasteiger partial charge is 0.472 e. The van der Waals surface area contributed by atoms with Crippen LogP contribution in [-0.2, 0) is 65.4 Å². The first-order chi connectivity index (χ1) is 40.3. The number of ether oxygens (including phenoxy) is 4. The van der Waals surface area contributed by atoms with Crippen LogP contribution in [0.4, 0.5) is 0 Å². The van der Waals surface area contributed by atoms with Crippen molar-refractivity contribution < 1.29 is 80.2 Å². The lowest BCUT2D eigenvalue weighted by atomic mass is 9.99. The summed E-state index contributed by atoms with van der Waals surface area (Å²) in [6, 6.07) is 0. The minimum atomic E-state index is -4.95. The van der Waals surface area contributed by atoms with E-state index in [4.69, 9.17) is 37.0 Å². The Morgan fingerprint density at radius 3 is 0.905 bits per heavy atom. The Balaban J connectivity index is 5.15. The molecule has 0 fully saturated rings. The van der Waals surface area contributed by atoms with Crippen LogP contribution in [0.2, 0.25) is 0 Å². The number of phosphoric acid groups is 2. The number of esters is 4. The first kappa shape index (κ1) is 82.1. The van der Waals surface area contributed by atoms with Crippen LogP contribution in [0.5, 0.6) is 0 Å². The lowest BCUT2D eigenvalue weighted by Crippen LogP contribution is -2.30. The van der Waals surface area contributed by atoms with Gasteiger partial charge >= 0.3 is 39.5 Å². The average molecular weight is 1240 g/mol. The highest BCUT2D eigenvalue weighted by atomic mass is 31.2. The Labute approximate surface area is 511 Å². The SMILES string of the molecule is CCCCCCCC(=O)OC[C@H](COP(=O)(O)OC[C@H](O)COP(=O)(O)OC[C@@H](COC(=O)CCCCCCCCCCC(C)CC)OC(=O)CCCCCCCCCCCCCCCCCC(C)C)OC(=O)CCCCCCCCC(C)C. The second kappa shape index (κ2) is 56.3. The summed E-state index contributed by atoms with van der Waals surface area (Å²) in [6.45, 7) is 11.6. The molecule has 0 aromatic rings. The fraction of sp³-hybridized carbons (Fsp3) is 0.938. The molecule has 0 saturated carbocycles. The lowest BCUT2D eigenvalue weighted by molar-refractivity contribution is -0.161. The Morgan fingerprint density at radius 2 is 0.607 bits per heavy atom. The minimum absolute atomic E-state index is 0.101. The van der Waals surface area contributed by atoms with Gasteiger partial charge in [-0.25, -0.2) is 9.13 Å². The van der Waals surface area contributed by atoms with Crippen molar-refractivity contribution in [1.82, 2.24) is 0 Å². The molecule has 0 amide bonds. The smallest absolute Gasteiger partial charge is 0.462 e. The van der Waals surface area contributed by atoms with E-state index in [1.165, 1.54) is 122 Å². The summed E-state index contributed by atoms with van der Waals surface area (Å²) in [6.07, 6.45) is 38.1. The predicted octanol–water partition coefficient (Wildman–Crippen LogP) is 17.9. The van der Waals surface area contributed by atoms with Crippen LogP contribution in [0.3, 0.4) is 0 Å². The van der Waals surface area contributed by atoms with Crippen molar-refractivity contribution in [3.63, 3.8) is 0 Å². The summed E-state index contributed by atoms with van der Waals surface area (Å²) in [7, 11) is -9.88. The highest BCUT2D eigenvalue weighted by Crippen LogP contribution is 2.45. The summed E-state index contributed by atoms with van der Waals surface area (Å²) in [4.78, 5) is 72.0. The average Bonchev–Trinajstić information content (AvgIpc) is 3.46. The molecule has 0 heterocycles. The number of phosphoric ester groups is 2. The van der Waals surface area contributed by atoms with E-state index in [0.29, 0.717) is 31.6 Å². The van der Waals surface area contributed by atoms with Crippen molar-refractivity contribution in [3.8, 4) is 0 Å². The van der Waals surface area contributed by atoms with Crippen molar-refractivity contribution in [1.29, 1.82) is 0 Å². The fourth-order valence-corrected chi connectivity index (χ4v) is 11.2. The lowest BCUT2D eigenvalue weighted by Gasteiger charge is -2.21. The molecule has 0 aromatic heterocycles. The van der Waals surface area contributed by atoms with Crippen LogP contribution in [0, 0.1) is 17.8 Å². The number of unbranched alkanes of at least 4 members (excludes halogenated alkanes) is 30. The van der Waals surface area contributed by atoms with Gasteiger partial charge in [0.1, 0.15) is 19.3 Å². The first-order valence-corrected chi connectivity index (χ1v) is 36.9. The van der Waals surface area contributed by atoms with Gasteiger partial charge in [-0.1, -0.05) is 267 Å². The molecule has 0 aliphatic rings. The summed E-state index contributed by atoms with van der Waals surface area (Å²) < 4.78 is 67.8. The Hall–Kier alpha value is -1.94. The van der Waals surface area contributed by atoms with Gasteiger partial charge in [-0.3, -0.25) is 37.3 Å². The van der Waals surface area contributed by atoms with Crippen LogP contribution in [-0.4, -0.2) is 96.7 Å². The second-order valence-electron chi connectivity index (χ2n) is 24.7. The maximum atomic E-state index is 13.0. The number of hydrogen-bond donors (Lipinski definition) is 3. The highest BCUT2D eigenvalue weighted by molar-refractivity contribution is 7.47. The molecule has 84 heavy (non-hydrogen) atoms. The van der Waals surface area contributed by atoms with E-state index in [2.05, 4.69) is 48.5 Å². The number of aliphatic hydroxyl groups excluding tert-OH is 1. The van der Waals surface area contributed by atoms with Crippen LogP contribution in [0.15, 0.2) is 0 Å². The molecule has 0 bridgehead atoms. The minimum Gasteiger partial charge on any atom is -0.462 e. The standard InChI is InChI=1S/C65H126O17P2/c1-8-10-11-29-39-46-62(67)75-52-60(82-65(70)49-42-35-28-27-31-37-44-57(5)6)54-79-83(71,72)77-50-59(66)51-78-84(73,74)80-55-61(53-76-63(68)47-40-33-25-22-21-24-32-38-45-58(7)9-2)81-64(69)48-41-34-26-20-18-16-14-12-13-15-17-19-23-30-36-43-56(3)4/h56-61,66H,8-55H2,1-7H3,(H,71,72)(H,73,74)/t58?,59-,60+,61+/m0/s1. The summed E-state index contributed by atoms with van der Waals surface area (Å²) in [5.41, 5.74) is 0. The molecule has 0 aromatic carbocycles. The Kier molecular flexibility index (Phi) is 55.0. The van der Waals surface area contributed by atoms with Gasteiger partial charge in [0.15, 0.2) is 12.2 Å². The quantitative estimate of drug-likeness (QED) is 0.0222. The normalized spacial score (nSPS) is 14.7. The Morgan fingerprint density at radius 1 is 0.345 bits per heavy atom. The van der Waals surface area contributed by atoms with Gasteiger partial charge in [0.2, 0.25) is 0 Å². The number of aliphatic hydroxyl groups is 1. The molecule has 19 heteroatoms.